The second-order valence-corrected chi connectivity index (χ2v) is 21.8. The average molecular weight is 893 g/mol. The monoisotopic (exact) mass is 893 g/mol. The first-order chi connectivity index (χ1) is 24.6. The van der Waals surface area contributed by atoms with E-state index in [1.807, 2.05) is 24.5 Å². The molecule has 5 heteroatoms. The summed E-state index contributed by atoms with van der Waals surface area (Å²) in [7, 11) is -1.27. The van der Waals surface area contributed by atoms with Crippen LogP contribution in [0.5, 0.6) is 0 Å². The molecule has 1 unspecified atom stereocenters. The normalized spacial score (nSPS) is 12.4. The van der Waals surface area contributed by atoms with Crippen LogP contribution < -0.4 is 5.19 Å². The van der Waals surface area contributed by atoms with Crippen molar-refractivity contribution in [2.24, 2.45) is 5.92 Å². The number of benzene rings is 4. The Bertz CT molecular complexity index is 2320. The minimum absolute atomic E-state index is 0. The van der Waals surface area contributed by atoms with Crippen molar-refractivity contribution in [3.05, 3.63) is 138 Å². The van der Waals surface area contributed by atoms with E-state index in [2.05, 4.69) is 176 Å². The molecule has 3 nitrogen and oxygen atoms in total. The predicted octanol–water partition coefficient (Wildman–Crippen LogP) is 12.9. The standard InChI is InChI=1S/C30H28NO.C18H24NSi.Ir/c1-18(2)21(5)22-10-11-31-28(16-22)24-7-9-29-27(15-24)26-8-6-23(17-30(26)32-29)25-13-19(3)12-20(4)14-25;1-18(2,3)15-9-7-8-14(12-15)17-11-10-16(13-19-17)20(4,5)6;/h6,8-18,21H,1-5H3;7,9-13H,1-6H3;/q2*-1;. The van der Waals surface area contributed by atoms with Crippen molar-refractivity contribution in [1.82, 2.24) is 9.97 Å². The van der Waals surface area contributed by atoms with Gasteiger partial charge in [0, 0.05) is 37.9 Å². The van der Waals surface area contributed by atoms with Crippen LogP contribution in [0.25, 0.3) is 55.6 Å². The third-order valence-corrected chi connectivity index (χ3v) is 12.1. The molecule has 1 atom stereocenters. The number of hydrogen-bond acceptors (Lipinski definition) is 3. The molecule has 53 heavy (non-hydrogen) atoms. The minimum Gasteiger partial charge on any atom is -0.500 e. The van der Waals surface area contributed by atoms with Crippen molar-refractivity contribution in [3.63, 3.8) is 0 Å². The first-order valence-corrected chi connectivity index (χ1v) is 22.0. The number of nitrogens with zero attached hydrogens (tertiary/aromatic N) is 2. The zero-order valence-electron chi connectivity index (χ0n) is 33.1. The Morgan fingerprint density at radius 2 is 1.40 bits per heavy atom. The quantitative estimate of drug-likeness (QED) is 0.123. The molecule has 0 spiro atoms. The Morgan fingerprint density at radius 1 is 0.679 bits per heavy atom. The zero-order chi connectivity index (χ0) is 37.4. The van der Waals surface area contributed by atoms with Crippen LogP contribution in [-0.4, -0.2) is 18.0 Å². The summed E-state index contributed by atoms with van der Waals surface area (Å²) in [4.78, 5) is 9.27. The van der Waals surface area contributed by atoms with Crippen LogP contribution in [0.3, 0.4) is 0 Å². The Hall–Kier alpha value is -4.15. The minimum atomic E-state index is -1.27. The molecule has 275 valence electrons. The fourth-order valence-corrected chi connectivity index (χ4v) is 7.56. The van der Waals surface area contributed by atoms with Crippen LogP contribution in [0, 0.1) is 31.9 Å². The third-order valence-electron chi connectivity index (χ3n) is 10.1. The van der Waals surface area contributed by atoms with Gasteiger partial charge in [-0.15, -0.1) is 59.2 Å². The smallest absolute Gasteiger partial charge is 0.121 e. The van der Waals surface area contributed by atoms with Crippen molar-refractivity contribution in [2.75, 3.05) is 0 Å². The van der Waals surface area contributed by atoms with Gasteiger partial charge in [-0.2, -0.15) is 0 Å². The Kier molecular flexibility index (Phi) is 12.1. The number of fused-ring (bicyclic) bond motifs is 3. The molecular weight excluding hydrogens is 841 g/mol. The summed E-state index contributed by atoms with van der Waals surface area (Å²) >= 11 is 0. The molecule has 0 aliphatic rings. The molecule has 7 rings (SSSR count). The Labute approximate surface area is 331 Å². The molecule has 0 fully saturated rings. The van der Waals surface area contributed by atoms with Crippen LogP contribution in [0.15, 0.2) is 108 Å². The molecule has 0 bridgehead atoms. The van der Waals surface area contributed by atoms with Gasteiger partial charge in [0.05, 0.1) is 13.7 Å². The summed E-state index contributed by atoms with van der Waals surface area (Å²) in [5, 5.41) is 3.62. The Balaban J connectivity index is 0.000000223. The number of rotatable bonds is 6. The van der Waals surface area contributed by atoms with Crippen molar-refractivity contribution in [3.8, 4) is 33.6 Å². The molecule has 0 N–H and O–H groups in total. The first-order valence-electron chi connectivity index (χ1n) is 18.5. The van der Waals surface area contributed by atoms with Gasteiger partial charge in [-0.3, -0.25) is 0 Å². The van der Waals surface area contributed by atoms with E-state index >= 15 is 0 Å². The Morgan fingerprint density at radius 3 is 2.04 bits per heavy atom. The van der Waals surface area contributed by atoms with Crippen LogP contribution in [0.2, 0.25) is 19.6 Å². The largest absolute Gasteiger partial charge is 0.500 e. The SMILES string of the molecule is CC(C)(C)c1cc[c-]c(-c2ccc([Si](C)(C)C)cn2)c1.Cc1cc(C)cc(-c2ccc3c(c2)oc2c[c-]c(-c4cc(C(C)C(C)C)ccn4)cc23)c1.[Ir]. The molecule has 0 aliphatic carbocycles. The van der Waals surface area contributed by atoms with E-state index in [0.29, 0.717) is 11.8 Å². The predicted molar refractivity (Wildman–Crippen MR) is 224 cm³/mol. The topological polar surface area (TPSA) is 38.9 Å². The van der Waals surface area contributed by atoms with E-state index in [9.17, 15) is 0 Å². The number of aromatic nitrogens is 2. The first kappa shape index (κ1) is 40.0. The zero-order valence-corrected chi connectivity index (χ0v) is 36.5. The van der Waals surface area contributed by atoms with E-state index in [-0.39, 0.29) is 25.5 Å². The third kappa shape index (κ3) is 9.33. The summed E-state index contributed by atoms with van der Waals surface area (Å²) in [6, 6.07) is 39.0. The maximum atomic E-state index is 6.21. The van der Waals surface area contributed by atoms with Gasteiger partial charge >= 0.3 is 0 Å². The van der Waals surface area contributed by atoms with Gasteiger partial charge in [-0.05, 0) is 70.9 Å². The molecule has 3 heterocycles. The molecule has 0 saturated carbocycles. The fourth-order valence-electron chi connectivity index (χ4n) is 6.53. The van der Waals surface area contributed by atoms with Gasteiger partial charge < -0.3 is 14.4 Å². The summed E-state index contributed by atoms with van der Waals surface area (Å²) in [6.07, 6.45) is 3.95. The van der Waals surface area contributed by atoms with E-state index in [4.69, 9.17) is 4.42 Å². The van der Waals surface area contributed by atoms with Gasteiger partial charge in [0.25, 0.3) is 0 Å². The summed E-state index contributed by atoms with van der Waals surface area (Å²) in [5.41, 5.74) is 13.5. The van der Waals surface area contributed by atoms with E-state index in [1.54, 1.807) is 0 Å². The number of hydrogen-bond donors (Lipinski definition) is 0. The number of furan rings is 1. The van der Waals surface area contributed by atoms with Crippen LogP contribution in [-0.2, 0) is 25.5 Å². The summed E-state index contributed by atoms with van der Waals surface area (Å²) < 4.78 is 6.21. The number of pyridine rings is 2. The molecular formula is C48H52IrN2OSi-2. The van der Waals surface area contributed by atoms with Crippen molar-refractivity contribution in [1.29, 1.82) is 0 Å². The fraction of sp³-hybridized carbons (Fsp3) is 0.292. The molecule has 4 aromatic carbocycles. The van der Waals surface area contributed by atoms with Crippen LogP contribution in [0.1, 0.15) is 69.7 Å². The number of aryl methyl sites for hydroxylation is 2. The van der Waals surface area contributed by atoms with Crippen LogP contribution >= 0.6 is 0 Å². The summed E-state index contributed by atoms with van der Waals surface area (Å²) in [5.74, 6) is 1.07. The molecule has 3 aromatic heterocycles. The van der Waals surface area contributed by atoms with Crippen LogP contribution in [0.4, 0.5) is 0 Å². The van der Waals surface area contributed by atoms with E-state index in [1.165, 1.54) is 38.6 Å². The van der Waals surface area contributed by atoms with Crippen molar-refractivity contribution < 1.29 is 24.5 Å². The molecule has 7 aromatic rings. The molecule has 0 amide bonds. The maximum absolute atomic E-state index is 6.21. The van der Waals surface area contributed by atoms with Crippen molar-refractivity contribution >= 4 is 35.2 Å². The second-order valence-electron chi connectivity index (χ2n) is 16.7. The van der Waals surface area contributed by atoms with Gasteiger partial charge in [0.15, 0.2) is 0 Å². The van der Waals surface area contributed by atoms with Gasteiger partial charge in [0.2, 0.25) is 0 Å². The molecule has 0 saturated heterocycles. The van der Waals surface area contributed by atoms with Gasteiger partial charge in [-0.25, -0.2) is 0 Å². The molecule has 1 radical (unpaired) electrons. The summed E-state index contributed by atoms with van der Waals surface area (Å²) in [6.45, 7) is 24.8. The van der Waals surface area contributed by atoms with Crippen molar-refractivity contribution in [2.45, 2.75) is 86.4 Å². The van der Waals surface area contributed by atoms with E-state index in [0.717, 1.165) is 44.5 Å². The average Bonchev–Trinajstić information content (AvgIpc) is 3.48. The van der Waals surface area contributed by atoms with E-state index < -0.39 is 8.07 Å². The second kappa shape index (κ2) is 16.1. The van der Waals surface area contributed by atoms with Gasteiger partial charge in [0.1, 0.15) is 5.58 Å². The van der Waals surface area contributed by atoms with Gasteiger partial charge in [-0.1, -0.05) is 132 Å². The molecule has 0 aliphatic heterocycles. The maximum Gasteiger partial charge on any atom is 0.121 e.